The van der Waals surface area contributed by atoms with Gasteiger partial charge < -0.3 is 9.47 Å². The van der Waals surface area contributed by atoms with E-state index < -0.39 is 0 Å². The van der Waals surface area contributed by atoms with Gasteiger partial charge in [-0.15, -0.1) is 0 Å². The molecule has 1 heterocycles. The van der Waals surface area contributed by atoms with Gasteiger partial charge >= 0.3 is 0 Å². The topological polar surface area (TPSA) is 35.5 Å². The number of benzene rings is 2. The molecule has 4 heteroatoms. The Morgan fingerprint density at radius 3 is 3.00 bits per heavy atom. The van der Waals surface area contributed by atoms with Crippen molar-refractivity contribution in [1.29, 1.82) is 0 Å². The highest BCUT2D eigenvalue weighted by atomic mass is 79.9. The van der Waals surface area contributed by atoms with Crippen LogP contribution in [0, 0.1) is 0 Å². The number of halogens is 1. The van der Waals surface area contributed by atoms with Crippen molar-refractivity contribution >= 4 is 22.2 Å². The summed E-state index contributed by atoms with van der Waals surface area (Å²) < 4.78 is 12.4. The van der Waals surface area contributed by atoms with E-state index in [1.165, 1.54) is 11.1 Å². The molecule has 0 aliphatic carbocycles. The molecule has 3 rings (SSSR count). The van der Waals surface area contributed by atoms with Gasteiger partial charge in [0.15, 0.2) is 6.29 Å². The van der Waals surface area contributed by atoms with Crippen molar-refractivity contribution in [1.82, 2.24) is 0 Å². The Morgan fingerprint density at radius 1 is 1.29 bits per heavy atom. The first kappa shape index (κ1) is 14.3. The van der Waals surface area contributed by atoms with Crippen LogP contribution in [0.4, 0.5) is 0 Å². The summed E-state index contributed by atoms with van der Waals surface area (Å²) in [6.45, 7) is 1.15. The molecule has 108 valence electrons. The first-order valence-electron chi connectivity index (χ1n) is 6.85. The molecule has 0 bridgehead atoms. The Balaban J connectivity index is 1.73. The van der Waals surface area contributed by atoms with E-state index in [1.54, 1.807) is 6.07 Å². The number of hydrogen-bond donors (Lipinski definition) is 0. The molecular formula is C17H15BrO3. The van der Waals surface area contributed by atoms with E-state index in [4.69, 9.17) is 9.47 Å². The molecule has 0 spiro atoms. The number of carbonyl (C=O) groups is 1. The van der Waals surface area contributed by atoms with E-state index in [9.17, 15) is 4.79 Å². The predicted molar refractivity (Wildman–Crippen MR) is 83.9 cm³/mol. The summed E-state index contributed by atoms with van der Waals surface area (Å²) in [5.41, 5.74) is 3.09. The lowest BCUT2D eigenvalue weighted by Gasteiger charge is -2.26. The average Bonchev–Trinajstić information content (AvgIpc) is 2.54. The highest BCUT2D eigenvalue weighted by Gasteiger charge is 2.21. The minimum Gasteiger partial charge on any atom is -0.490 e. The summed E-state index contributed by atoms with van der Waals surface area (Å²) in [6, 6.07) is 13.7. The maximum atomic E-state index is 10.9. The summed E-state index contributed by atoms with van der Waals surface area (Å²) in [4.78, 5) is 10.9. The van der Waals surface area contributed by atoms with Gasteiger partial charge in [0, 0.05) is 10.0 Å². The van der Waals surface area contributed by atoms with Crippen LogP contribution in [0.3, 0.4) is 0 Å². The number of ether oxygens (including phenoxy) is 2. The Morgan fingerprint density at radius 2 is 2.14 bits per heavy atom. The first-order chi connectivity index (χ1) is 10.3. The minimum atomic E-state index is -0.0572. The van der Waals surface area contributed by atoms with Crippen molar-refractivity contribution in [2.75, 3.05) is 13.2 Å². The molecule has 2 aromatic carbocycles. The van der Waals surface area contributed by atoms with Gasteiger partial charge in [-0.1, -0.05) is 40.2 Å². The normalized spacial score (nSPS) is 17.1. The molecule has 1 aliphatic heterocycles. The predicted octanol–water partition coefficient (Wildman–Crippen LogP) is 3.95. The molecular weight excluding hydrogens is 332 g/mol. The maximum absolute atomic E-state index is 10.9. The van der Waals surface area contributed by atoms with Crippen molar-refractivity contribution in [3.8, 4) is 5.75 Å². The molecule has 1 unspecified atom stereocenters. The Kier molecular flexibility index (Phi) is 4.36. The molecule has 3 nitrogen and oxygen atoms in total. The quantitative estimate of drug-likeness (QED) is 0.786. The van der Waals surface area contributed by atoms with Crippen molar-refractivity contribution in [3.63, 3.8) is 0 Å². The van der Waals surface area contributed by atoms with Gasteiger partial charge in [0.2, 0.25) is 0 Å². The third-order valence-corrected chi connectivity index (χ3v) is 4.31. The van der Waals surface area contributed by atoms with E-state index in [1.807, 2.05) is 24.3 Å². The molecule has 1 atom stereocenters. The van der Waals surface area contributed by atoms with Crippen LogP contribution < -0.4 is 4.74 Å². The Bertz CT molecular complexity index is 654. The number of hydrogen-bond acceptors (Lipinski definition) is 3. The average molecular weight is 347 g/mol. The molecule has 0 aromatic heterocycles. The fraction of sp³-hybridized carbons (Fsp3) is 0.235. The molecule has 21 heavy (non-hydrogen) atoms. The zero-order valence-electron chi connectivity index (χ0n) is 11.4. The number of carbonyl (C=O) groups excluding carboxylic acids is 1. The van der Waals surface area contributed by atoms with Crippen LogP contribution in [0.5, 0.6) is 5.75 Å². The van der Waals surface area contributed by atoms with Crippen LogP contribution in [-0.4, -0.2) is 19.5 Å². The summed E-state index contributed by atoms with van der Waals surface area (Å²) in [5, 5.41) is 0. The molecule has 1 aliphatic rings. The Hall–Kier alpha value is -1.65. The van der Waals surface area contributed by atoms with Crippen molar-refractivity contribution < 1.29 is 14.3 Å². The molecule has 0 N–H and O–H groups in total. The van der Waals surface area contributed by atoms with E-state index >= 15 is 0 Å². The summed E-state index contributed by atoms with van der Waals surface area (Å²) in [7, 11) is 0. The zero-order valence-corrected chi connectivity index (χ0v) is 13.0. The van der Waals surface area contributed by atoms with Crippen LogP contribution in [0.25, 0.3) is 0 Å². The monoisotopic (exact) mass is 346 g/mol. The molecule has 0 radical (unpaired) electrons. The van der Waals surface area contributed by atoms with Crippen LogP contribution >= 0.6 is 15.9 Å². The second-order valence-electron chi connectivity index (χ2n) is 4.92. The van der Waals surface area contributed by atoms with E-state index in [0.717, 1.165) is 17.2 Å². The van der Waals surface area contributed by atoms with Gasteiger partial charge in [-0.05, 0) is 35.7 Å². The van der Waals surface area contributed by atoms with E-state index in [2.05, 4.69) is 28.1 Å². The molecule has 0 saturated carbocycles. The molecule has 0 saturated heterocycles. The van der Waals surface area contributed by atoms with Gasteiger partial charge in [-0.2, -0.15) is 0 Å². The van der Waals surface area contributed by atoms with Crippen LogP contribution in [0.15, 0.2) is 46.9 Å². The van der Waals surface area contributed by atoms with Crippen LogP contribution in [-0.2, 0) is 11.2 Å². The van der Waals surface area contributed by atoms with Crippen LogP contribution in [0.1, 0.15) is 27.6 Å². The fourth-order valence-electron chi connectivity index (χ4n) is 2.49. The highest BCUT2D eigenvalue weighted by Crippen LogP contribution is 2.28. The van der Waals surface area contributed by atoms with Crippen molar-refractivity contribution in [2.24, 2.45) is 0 Å². The zero-order chi connectivity index (χ0) is 14.7. The number of rotatable bonds is 4. The molecule has 0 fully saturated rings. The smallest absolute Gasteiger partial charge is 0.151 e. The minimum absolute atomic E-state index is 0.0572. The van der Waals surface area contributed by atoms with Gasteiger partial charge in [-0.3, -0.25) is 4.79 Å². The maximum Gasteiger partial charge on any atom is 0.151 e. The third-order valence-electron chi connectivity index (χ3n) is 3.59. The van der Waals surface area contributed by atoms with Gasteiger partial charge in [-0.25, -0.2) is 0 Å². The largest absolute Gasteiger partial charge is 0.490 e. The molecule has 0 amide bonds. The third kappa shape index (κ3) is 3.17. The highest BCUT2D eigenvalue weighted by molar-refractivity contribution is 9.10. The second kappa shape index (κ2) is 6.41. The van der Waals surface area contributed by atoms with Crippen LogP contribution in [0.2, 0.25) is 0 Å². The van der Waals surface area contributed by atoms with E-state index in [0.29, 0.717) is 24.5 Å². The number of fused-ring (bicyclic) bond motifs is 1. The van der Waals surface area contributed by atoms with Gasteiger partial charge in [0.25, 0.3) is 0 Å². The number of aldehydes is 1. The second-order valence-corrected chi connectivity index (χ2v) is 5.77. The van der Waals surface area contributed by atoms with Gasteiger partial charge in [0.1, 0.15) is 18.5 Å². The fourth-order valence-corrected chi connectivity index (χ4v) is 2.83. The summed E-state index contributed by atoms with van der Waals surface area (Å²) in [6.07, 6.45) is 1.70. The summed E-state index contributed by atoms with van der Waals surface area (Å²) in [5.74, 6) is 0.673. The van der Waals surface area contributed by atoms with Gasteiger partial charge in [0.05, 0.1) is 6.61 Å². The Labute approximate surface area is 132 Å². The van der Waals surface area contributed by atoms with E-state index in [-0.39, 0.29) is 6.10 Å². The SMILES string of the molecule is O=Cc1cc(OCC2OCCc3ccccc32)ccc1Br. The van der Waals surface area contributed by atoms with Crippen molar-refractivity contribution in [3.05, 3.63) is 63.6 Å². The standard InChI is InChI=1S/C17H15BrO3/c18-16-6-5-14(9-13(16)10-19)21-11-17-15-4-2-1-3-12(15)7-8-20-17/h1-6,9-10,17H,7-8,11H2. The lowest BCUT2D eigenvalue weighted by atomic mass is 9.98. The first-order valence-corrected chi connectivity index (χ1v) is 7.64. The van der Waals surface area contributed by atoms with Crippen molar-refractivity contribution in [2.45, 2.75) is 12.5 Å². The lowest BCUT2D eigenvalue weighted by Crippen LogP contribution is -2.21. The summed E-state index contributed by atoms with van der Waals surface area (Å²) >= 11 is 3.33. The lowest BCUT2D eigenvalue weighted by molar-refractivity contribution is 0.0102. The molecule has 2 aromatic rings.